The van der Waals surface area contributed by atoms with Crippen LogP contribution in [0.2, 0.25) is 0 Å². The molecule has 0 spiro atoms. The highest BCUT2D eigenvalue weighted by Gasteiger charge is 2.45. The molecule has 144 valence electrons. The Kier molecular flexibility index (Phi) is 5.60. The van der Waals surface area contributed by atoms with Gasteiger partial charge in [0.05, 0.1) is 33.6 Å². The predicted molar refractivity (Wildman–Crippen MR) is 85.2 cm³/mol. The lowest BCUT2D eigenvalue weighted by molar-refractivity contribution is -0.310. The van der Waals surface area contributed by atoms with Crippen molar-refractivity contribution in [2.45, 2.75) is 25.3 Å². The van der Waals surface area contributed by atoms with Gasteiger partial charge >= 0.3 is 10.3 Å². The molecule has 0 aromatic carbocycles. The highest BCUT2D eigenvalue weighted by molar-refractivity contribution is 7.83. The number of hydrogen-bond acceptors (Lipinski definition) is 9. The van der Waals surface area contributed by atoms with E-state index in [0.29, 0.717) is 16.8 Å². The minimum absolute atomic E-state index is 0.00195. The number of carbonyl (C=O) groups is 1. The van der Waals surface area contributed by atoms with E-state index in [-0.39, 0.29) is 20.0 Å². The minimum Gasteiger partial charge on any atom is -0.300 e. The van der Waals surface area contributed by atoms with E-state index in [1.165, 1.54) is 29.4 Å². The number of fused-ring (bicyclic) bond motifs is 3. The molecule has 12 heteroatoms. The predicted octanol–water partition coefficient (Wildman–Crippen LogP) is -1.07. The van der Waals surface area contributed by atoms with Crippen LogP contribution in [-0.4, -0.2) is 96.7 Å². The average Bonchev–Trinajstić information content (AvgIpc) is 2.61. The lowest BCUT2D eigenvalue weighted by Gasteiger charge is -2.47. The van der Waals surface area contributed by atoms with E-state index >= 15 is 0 Å². The Morgan fingerprint density at radius 3 is 2.04 bits per heavy atom. The van der Waals surface area contributed by atoms with Crippen LogP contribution in [0, 0.1) is 5.92 Å². The molecule has 0 radical (unpaired) electrons. The van der Waals surface area contributed by atoms with Crippen molar-refractivity contribution in [2.75, 3.05) is 47.3 Å². The molecule has 4 fully saturated rings. The summed E-state index contributed by atoms with van der Waals surface area (Å²) in [6.45, 7) is 1.81. The molecule has 2 bridgehead atoms. The zero-order chi connectivity index (χ0) is 18.2. The molecule has 4 saturated heterocycles. The van der Waals surface area contributed by atoms with Gasteiger partial charge in [0.15, 0.2) is 0 Å². The van der Waals surface area contributed by atoms with Crippen molar-refractivity contribution in [2.24, 2.45) is 5.92 Å². The van der Waals surface area contributed by atoms with Gasteiger partial charge in [-0.3, -0.25) is 23.9 Å². The van der Waals surface area contributed by atoms with Gasteiger partial charge in [-0.15, -0.1) is 4.41 Å². The van der Waals surface area contributed by atoms with Crippen molar-refractivity contribution in [1.29, 1.82) is 0 Å². The van der Waals surface area contributed by atoms with Crippen molar-refractivity contribution < 1.29 is 27.4 Å². The normalized spacial score (nSPS) is 32.0. The van der Waals surface area contributed by atoms with Crippen LogP contribution in [0.1, 0.15) is 19.3 Å². The maximum atomic E-state index is 13.0. The Labute approximate surface area is 147 Å². The SMILES string of the molecule is CON1CN(OC)CN(N(C(=O)C2CC3CCN2CC3)S(=O)(=O)O)C1. The van der Waals surface area contributed by atoms with Gasteiger partial charge in [0.1, 0.15) is 6.67 Å². The van der Waals surface area contributed by atoms with Crippen LogP contribution in [0.25, 0.3) is 0 Å². The molecule has 0 aromatic rings. The summed E-state index contributed by atoms with van der Waals surface area (Å²) in [7, 11) is -1.91. The number of carbonyl (C=O) groups excluding carboxylic acids is 1. The largest absolute Gasteiger partial charge is 0.376 e. The zero-order valence-corrected chi connectivity index (χ0v) is 15.3. The van der Waals surface area contributed by atoms with Gasteiger partial charge in [-0.1, -0.05) is 0 Å². The minimum atomic E-state index is -4.77. The van der Waals surface area contributed by atoms with Gasteiger partial charge in [0.25, 0.3) is 5.91 Å². The number of hydrogen-bond donors (Lipinski definition) is 1. The van der Waals surface area contributed by atoms with Crippen molar-refractivity contribution in [3.8, 4) is 0 Å². The van der Waals surface area contributed by atoms with Crippen LogP contribution in [0.15, 0.2) is 0 Å². The Morgan fingerprint density at radius 2 is 1.64 bits per heavy atom. The molecule has 1 N–H and O–H groups in total. The second kappa shape index (κ2) is 7.40. The van der Waals surface area contributed by atoms with Crippen molar-refractivity contribution in [3.05, 3.63) is 0 Å². The first-order valence-electron chi connectivity index (χ1n) is 8.22. The molecule has 1 atom stereocenters. The van der Waals surface area contributed by atoms with E-state index in [2.05, 4.69) is 0 Å². The maximum Gasteiger partial charge on any atom is 0.376 e. The molecule has 4 aliphatic heterocycles. The standard InChI is InChI=1S/C13H25N5O6S/c1-23-16-8-15(9-17(10-16)24-2)18(25(20,21)22)13(19)12-7-11-3-5-14(12)6-4-11/h11-12H,3-10H2,1-2H3,(H,20,21,22). The molecule has 4 heterocycles. The summed E-state index contributed by atoms with van der Waals surface area (Å²) in [5.41, 5.74) is 0. The van der Waals surface area contributed by atoms with Gasteiger partial charge in [0, 0.05) is 0 Å². The van der Waals surface area contributed by atoms with Gasteiger partial charge in [0.2, 0.25) is 0 Å². The van der Waals surface area contributed by atoms with Crippen molar-refractivity contribution >= 4 is 16.2 Å². The lowest BCUT2D eigenvalue weighted by Crippen LogP contribution is -2.65. The molecule has 0 aliphatic carbocycles. The van der Waals surface area contributed by atoms with E-state index in [0.717, 1.165) is 25.9 Å². The van der Waals surface area contributed by atoms with E-state index < -0.39 is 22.3 Å². The van der Waals surface area contributed by atoms with E-state index in [1.54, 1.807) is 0 Å². The summed E-state index contributed by atoms with van der Waals surface area (Å²) >= 11 is 0. The number of rotatable bonds is 5. The number of hydrazine groups is 1. The summed E-state index contributed by atoms with van der Waals surface area (Å²) in [6, 6.07) is -0.539. The van der Waals surface area contributed by atoms with Crippen molar-refractivity contribution in [1.82, 2.24) is 24.4 Å². The maximum absolute atomic E-state index is 13.0. The van der Waals surface area contributed by atoms with E-state index in [1.807, 2.05) is 4.90 Å². The van der Waals surface area contributed by atoms with Crippen LogP contribution in [0.4, 0.5) is 0 Å². The quantitative estimate of drug-likeness (QED) is 0.594. The van der Waals surface area contributed by atoms with Gasteiger partial charge < -0.3 is 0 Å². The Balaban J connectivity index is 1.83. The molecule has 11 nitrogen and oxygen atoms in total. The number of amides is 1. The number of hydroxylamine groups is 4. The second-order valence-electron chi connectivity index (χ2n) is 6.55. The molecular formula is C13H25N5O6S. The summed E-state index contributed by atoms with van der Waals surface area (Å²) < 4.78 is 34.2. The van der Waals surface area contributed by atoms with E-state index in [4.69, 9.17) is 9.68 Å². The van der Waals surface area contributed by atoms with Crippen LogP contribution in [0.3, 0.4) is 0 Å². The molecular weight excluding hydrogens is 354 g/mol. The molecule has 25 heavy (non-hydrogen) atoms. The van der Waals surface area contributed by atoms with Gasteiger partial charge in [-0.25, -0.2) is 0 Å². The number of piperidine rings is 3. The van der Waals surface area contributed by atoms with Crippen LogP contribution in [-0.2, 0) is 24.8 Å². The highest BCUT2D eigenvalue weighted by Crippen LogP contribution is 2.33. The van der Waals surface area contributed by atoms with Crippen molar-refractivity contribution in [3.63, 3.8) is 0 Å². The van der Waals surface area contributed by atoms with Gasteiger partial charge in [-0.2, -0.15) is 23.6 Å². The van der Waals surface area contributed by atoms with Crippen LogP contribution >= 0.6 is 0 Å². The second-order valence-corrected chi connectivity index (χ2v) is 7.79. The molecule has 4 aliphatic rings. The smallest absolute Gasteiger partial charge is 0.300 e. The van der Waals surface area contributed by atoms with Crippen LogP contribution in [0.5, 0.6) is 0 Å². The third-order valence-corrected chi connectivity index (χ3v) is 5.92. The third kappa shape index (κ3) is 3.95. The Bertz CT molecular complexity index is 584. The number of nitrogens with zero attached hydrogens (tertiary/aromatic N) is 5. The first-order chi connectivity index (χ1) is 11.8. The monoisotopic (exact) mass is 379 g/mol. The highest BCUT2D eigenvalue weighted by atomic mass is 32.2. The Morgan fingerprint density at radius 1 is 1.08 bits per heavy atom. The third-order valence-electron chi connectivity index (χ3n) is 5.07. The first kappa shape index (κ1) is 18.9. The summed E-state index contributed by atoms with van der Waals surface area (Å²) in [4.78, 5) is 25.3. The topological polar surface area (TPSA) is 106 Å². The zero-order valence-electron chi connectivity index (χ0n) is 14.4. The fourth-order valence-electron chi connectivity index (χ4n) is 3.77. The molecule has 1 amide bonds. The van der Waals surface area contributed by atoms with Crippen LogP contribution < -0.4 is 0 Å². The molecule has 0 saturated carbocycles. The fourth-order valence-corrected chi connectivity index (χ4v) is 4.51. The summed E-state index contributed by atoms with van der Waals surface area (Å²) in [5.74, 6) is -0.213. The molecule has 4 rings (SSSR count). The summed E-state index contributed by atoms with van der Waals surface area (Å²) in [6.07, 6.45) is 2.66. The average molecular weight is 379 g/mol. The van der Waals surface area contributed by atoms with E-state index in [9.17, 15) is 17.8 Å². The van der Waals surface area contributed by atoms with Gasteiger partial charge in [-0.05, 0) is 38.3 Å². The molecule has 1 unspecified atom stereocenters. The summed E-state index contributed by atoms with van der Waals surface area (Å²) in [5, 5.41) is 4.01. The molecule has 0 aromatic heterocycles. The first-order valence-corrected chi connectivity index (χ1v) is 9.61. The fraction of sp³-hybridized carbons (Fsp3) is 0.923. The Hall–Kier alpha value is -0.860. The lowest BCUT2D eigenvalue weighted by atomic mass is 9.83.